The molecule has 3 aliphatic rings. The van der Waals surface area contributed by atoms with Crippen LogP contribution in [0, 0.1) is 0 Å². The van der Waals surface area contributed by atoms with Crippen molar-refractivity contribution < 1.29 is 9.59 Å². The second-order valence-corrected chi connectivity index (χ2v) is 8.11. The van der Waals surface area contributed by atoms with Crippen LogP contribution in [0.5, 0.6) is 0 Å². The number of amides is 1. The van der Waals surface area contributed by atoms with Crippen molar-refractivity contribution in [3.05, 3.63) is 44.9 Å². The Morgan fingerprint density at radius 2 is 2.00 bits per heavy atom. The van der Waals surface area contributed by atoms with Crippen molar-refractivity contribution in [3.63, 3.8) is 0 Å². The number of thiophene rings is 1. The minimum absolute atomic E-state index is 0.105. The van der Waals surface area contributed by atoms with Crippen molar-refractivity contribution in [2.24, 2.45) is 0 Å². The summed E-state index contributed by atoms with van der Waals surface area (Å²) >= 11 is 1.64. The first-order valence-electron chi connectivity index (χ1n) is 9.23. The second kappa shape index (κ2) is 6.79. The maximum absolute atomic E-state index is 13.3. The van der Waals surface area contributed by atoms with E-state index in [1.165, 1.54) is 6.42 Å². The number of rotatable bonds is 2. The smallest absolute Gasteiger partial charge is 0.252 e. The Kier molecular flexibility index (Phi) is 4.50. The normalized spacial score (nSPS) is 24.3. The van der Waals surface area contributed by atoms with Crippen LogP contribution in [0.15, 0.2) is 40.1 Å². The zero-order valence-electron chi connectivity index (χ0n) is 14.6. The monoisotopic (exact) mass is 356 g/mol. The lowest BCUT2D eigenvalue weighted by atomic mass is 9.77. The predicted molar refractivity (Wildman–Crippen MR) is 99.2 cm³/mol. The molecule has 1 amide bonds. The van der Waals surface area contributed by atoms with Gasteiger partial charge in [-0.1, -0.05) is 6.07 Å². The van der Waals surface area contributed by atoms with Gasteiger partial charge >= 0.3 is 0 Å². The summed E-state index contributed by atoms with van der Waals surface area (Å²) in [6, 6.07) is 4.07. The van der Waals surface area contributed by atoms with Gasteiger partial charge in [-0.3, -0.25) is 9.59 Å². The summed E-state index contributed by atoms with van der Waals surface area (Å²) in [5.41, 5.74) is 3.56. The van der Waals surface area contributed by atoms with E-state index in [-0.39, 0.29) is 17.6 Å². The zero-order valence-corrected chi connectivity index (χ0v) is 15.5. The number of likely N-dealkylation sites (tertiary alicyclic amines) is 1. The van der Waals surface area contributed by atoms with Crippen LogP contribution in [-0.2, 0) is 9.59 Å². The van der Waals surface area contributed by atoms with Crippen molar-refractivity contribution >= 4 is 23.0 Å². The minimum Gasteiger partial charge on any atom is -0.362 e. The van der Waals surface area contributed by atoms with Crippen LogP contribution < -0.4 is 5.32 Å². The topological polar surface area (TPSA) is 49.4 Å². The summed E-state index contributed by atoms with van der Waals surface area (Å²) < 4.78 is 0. The maximum atomic E-state index is 13.3. The van der Waals surface area contributed by atoms with Gasteiger partial charge in [0.1, 0.15) is 0 Å². The van der Waals surface area contributed by atoms with E-state index in [0.29, 0.717) is 6.42 Å². The van der Waals surface area contributed by atoms with E-state index in [4.69, 9.17) is 0 Å². The van der Waals surface area contributed by atoms with Crippen molar-refractivity contribution in [3.8, 4) is 0 Å². The standard InChI is InChI=1S/C20H24N2O2S/c1-13-17(20(24)22-10-3-2-4-11-22)19(16-9-6-12-25-16)18-14(21-13)7-5-8-15(18)23/h6,9,12,19,21H,2-5,7-8,10-11H2,1H3/t19-/m0/s1. The van der Waals surface area contributed by atoms with Gasteiger partial charge in [-0.15, -0.1) is 11.3 Å². The molecule has 1 atom stereocenters. The van der Waals surface area contributed by atoms with Gasteiger partial charge in [-0.2, -0.15) is 0 Å². The van der Waals surface area contributed by atoms with E-state index >= 15 is 0 Å². The molecule has 0 aromatic carbocycles. The lowest BCUT2D eigenvalue weighted by Gasteiger charge is -2.36. The number of piperidine rings is 1. The fourth-order valence-corrected chi connectivity index (χ4v) is 5.12. The van der Waals surface area contributed by atoms with Crippen molar-refractivity contribution in [1.82, 2.24) is 10.2 Å². The summed E-state index contributed by atoms with van der Waals surface area (Å²) in [6.45, 7) is 3.64. The van der Waals surface area contributed by atoms with Gasteiger partial charge in [0.05, 0.1) is 5.92 Å². The van der Waals surface area contributed by atoms with Crippen LogP contribution in [0.25, 0.3) is 0 Å². The van der Waals surface area contributed by atoms with Gasteiger partial charge in [0.2, 0.25) is 0 Å². The third kappa shape index (κ3) is 2.95. The quantitative estimate of drug-likeness (QED) is 0.878. The predicted octanol–water partition coefficient (Wildman–Crippen LogP) is 3.73. The molecule has 0 bridgehead atoms. The molecule has 0 saturated carbocycles. The van der Waals surface area contributed by atoms with E-state index in [9.17, 15) is 9.59 Å². The lowest BCUT2D eigenvalue weighted by molar-refractivity contribution is -0.128. The first-order valence-corrected chi connectivity index (χ1v) is 10.1. The number of hydrogen-bond donors (Lipinski definition) is 1. The van der Waals surface area contributed by atoms with Gasteiger partial charge in [0.15, 0.2) is 5.78 Å². The third-order valence-corrected chi connectivity index (χ3v) is 6.41. The summed E-state index contributed by atoms with van der Waals surface area (Å²) in [4.78, 5) is 29.2. The molecule has 25 heavy (non-hydrogen) atoms. The number of nitrogens with one attached hydrogen (secondary N) is 1. The van der Waals surface area contributed by atoms with Crippen LogP contribution in [0.1, 0.15) is 56.2 Å². The largest absolute Gasteiger partial charge is 0.362 e. The average Bonchev–Trinajstić information content (AvgIpc) is 3.15. The first-order chi connectivity index (χ1) is 12.2. The van der Waals surface area contributed by atoms with Crippen LogP contribution >= 0.6 is 11.3 Å². The number of nitrogens with zero attached hydrogens (tertiary/aromatic N) is 1. The lowest BCUT2D eigenvalue weighted by Crippen LogP contribution is -2.41. The van der Waals surface area contributed by atoms with Gasteiger partial charge in [-0.25, -0.2) is 0 Å². The Labute approximate surface area is 152 Å². The second-order valence-electron chi connectivity index (χ2n) is 7.13. The number of ketones is 1. The number of dihydropyridines is 1. The highest BCUT2D eigenvalue weighted by Gasteiger charge is 2.40. The number of Topliss-reactive ketones (excluding diaryl/α,β-unsaturated/α-hetero) is 1. The minimum atomic E-state index is -0.196. The van der Waals surface area contributed by atoms with Gasteiger partial charge in [0.25, 0.3) is 5.91 Å². The molecule has 4 rings (SSSR count). The summed E-state index contributed by atoms with van der Waals surface area (Å²) in [5, 5.41) is 5.44. The molecule has 0 unspecified atom stereocenters. The molecule has 1 fully saturated rings. The fraction of sp³-hybridized carbons (Fsp3) is 0.500. The Morgan fingerprint density at radius 3 is 2.72 bits per heavy atom. The zero-order chi connectivity index (χ0) is 17.4. The molecule has 0 radical (unpaired) electrons. The van der Waals surface area contributed by atoms with Crippen LogP contribution in [0.4, 0.5) is 0 Å². The Bertz CT molecular complexity index is 755. The van der Waals surface area contributed by atoms with Crippen LogP contribution in [0.3, 0.4) is 0 Å². The van der Waals surface area contributed by atoms with E-state index in [1.54, 1.807) is 11.3 Å². The molecule has 2 aliphatic heterocycles. The molecule has 1 aromatic heterocycles. The molecular weight excluding hydrogens is 332 g/mol. The van der Waals surface area contributed by atoms with Crippen molar-refractivity contribution in [2.45, 2.75) is 51.4 Å². The van der Waals surface area contributed by atoms with E-state index in [1.807, 2.05) is 23.3 Å². The highest BCUT2D eigenvalue weighted by molar-refractivity contribution is 7.10. The molecular formula is C20H24N2O2S. The third-order valence-electron chi connectivity index (χ3n) is 5.48. The van der Waals surface area contributed by atoms with E-state index in [0.717, 1.165) is 66.2 Å². The Hall–Kier alpha value is -1.88. The molecule has 1 aromatic rings. The number of allylic oxidation sites excluding steroid dienone is 3. The Balaban J connectivity index is 1.78. The molecule has 1 N–H and O–H groups in total. The summed E-state index contributed by atoms with van der Waals surface area (Å²) in [7, 11) is 0. The highest BCUT2D eigenvalue weighted by atomic mass is 32.1. The average molecular weight is 356 g/mol. The molecule has 4 nitrogen and oxygen atoms in total. The van der Waals surface area contributed by atoms with E-state index < -0.39 is 0 Å². The molecule has 1 saturated heterocycles. The number of carbonyl (C=O) groups excluding carboxylic acids is 2. The molecule has 3 heterocycles. The van der Waals surface area contributed by atoms with Gasteiger partial charge in [-0.05, 0) is 50.5 Å². The molecule has 5 heteroatoms. The fourth-order valence-electron chi connectivity index (χ4n) is 4.27. The number of carbonyl (C=O) groups is 2. The highest BCUT2D eigenvalue weighted by Crippen LogP contribution is 2.44. The molecule has 0 spiro atoms. The van der Waals surface area contributed by atoms with Crippen LogP contribution in [0.2, 0.25) is 0 Å². The van der Waals surface area contributed by atoms with E-state index in [2.05, 4.69) is 11.4 Å². The van der Waals surface area contributed by atoms with Gasteiger partial charge in [0, 0.05) is 46.9 Å². The molecule has 1 aliphatic carbocycles. The summed E-state index contributed by atoms with van der Waals surface area (Å²) in [5.74, 6) is 0.107. The van der Waals surface area contributed by atoms with Gasteiger partial charge < -0.3 is 10.2 Å². The summed E-state index contributed by atoms with van der Waals surface area (Å²) in [6.07, 6.45) is 5.72. The molecule has 132 valence electrons. The number of hydrogen-bond acceptors (Lipinski definition) is 4. The van der Waals surface area contributed by atoms with Crippen molar-refractivity contribution in [1.29, 1.82) is 0 Å². The van der Waals surface area contributed by atoms with Crippen LogP contribution in [-0.4, -0.2) is 29.7 Å². The SMILES string of the molecule is CC1=C(C(=O)N2CCCCC2)[C@H](c2cccs2)C2=C(CCCC2=O)N1. The Morgan fingerprint density at radius 1 is 1.20 bits per heavy atom. The maximum Gasteiger partial charge on any atom is 0.252 e. The first kappa shape index (κ1) is 16.6. The van der Waals surface area contributed by atoms with Crippen molar-refractivity contribution in [2.75, 3.05) is 13.1 Å².